The molecule has 0 saturated carbocycles. The van der Waals surface area contributed by atoms with E-state index in [1.54, 1.807) is 6.07 Å². The van der Waals surface area contributed by atoms with E-state index >= 15 is 0 Å². The third kappa shape index (κ3) is 2.36. The molecule has 0 aromatic heterocycles. The molecule has 0 bridgehead atoms. The van der Waals surface area contributed by atoms with E-state index in [-0.39, 0.29) is 6.10 Å². The van der Waals surface area contributed by atoms with Crippen LogP contribution >= 0.6 is 22.6 Å². The van der Waals surface area contributed by atoms with Crippen molar-refractivity contribution in [2.24, 2.45) is 0 Å². The summed E-state index contributed by atoms with van der Waals surface area (Å²) in [5.74, 6) is 0. The SMILES string of the molecule is FC(F)(F)c1ccc2c([C@H]3CO3)cc3ccc(I)cc3c2c1. The molecule has 0 spiro atoms. The van der Waals surface area contributed by atoms with Gasteiger partial charge in [-0.2, -0.15) is 13.2 Å². The minimum atomic E-state index is -4.34. The lowest BCUT2D eigenvalue weighted by Gasteiger charge is -2.13. The molecule has 1 aliphatic rings. The maximum Gasteiger partial charge on any atom is 0.416 e. The second-order valence-electron chi connectivity index (χ2n) is 5.41. The highest BCUT2D eigenvalue weighted by Gasteiger charge is 2.32. The quantitative estimate of drug-likeness (QED) is 0.283. The van der Waals surface area contributed by atoms with Crippen molar-refractivity contribution < 1.29 is 17.9 Å². The van der Waals surface area contributed by atoms with Crippen LogP contribution in [0.1, 0.15) is 17.2 Å². The summed E-state index contributed by atoms with van der Waals surface area (Å²) in [6.45, 7) is 0.631. The van der Waals surface area contributed by atoms with Crippen LogP contribution in [0.5, 0.6) is 0 Å². The van der Waals surface area contributed by atoms with Crippen LogP contribution in [0, 0.1) is 3.57 Å². The number of epoxide rings is 1. The van der Waals surface area contributed by atoms with Crippen LogP contribution in [0.2, 0.25) is 0 Å². The summed E-state index contributed by atoms with van der Waals surface area (Å²) in [6, 6.07) is 11.8. The van der Waals surface area contributed by atoms with Gasteiger partial charge in [0.2, 0.25) is 0 Å². The van der Waals surface area contributed by atoms with Crippen molar-refractivity contribution in [1.29, 1.82) is 0 Å². The summed E-state index contributed by atoms with van der Waals surface area (Å²) in [5, 5.41) is 3.26. The summed E-state index contributed by atoms with van der Waals surface area (Å²) in [4.78, 5) is 0. The van der Waals surface area contributed by atoms with Crippen LogP contribution in [-0.4, -0.2) is 6.61 Å². The van der Waals surface area contributed by atoms with Gasteiger partial charge < -0.3 is 4.74 Å². The predicted octanol–water partition coefficient (Wildman–Crippen LogP) is 5.69. The summed E-state index contributed by atoms with van der Waals surface area (Å²) in [6.07, 6.45) is -4.34. The summed E-state index contributed by atoms with van der Waals surface area (Å²) < 4.78 is 45.5. The predicted molar refractivity (Wildman–Crippen MR) is 87.9 cm³/mol. The van der Waals surface area contributed by atoms with E-state index < -0.39 is 11.7 Å². The van der Waals surface area contributed by atoms with Gasteiger partial charge in [0.05, 0.1) is 12.2 Å². The third-order valence-electron chi connectivity index (χ3n) is 3.95. The van der Waals surface area contributed by atoms with Gasteiger partial charge in [0.25, 0.3) is 0 Å². The lowest BCUT2D eigenvalue weighted by Crippen LogP contribution is -2.04. The molecule has 3 aromatic carbocycles. The molecule has 112 valence electrons. The molecular weight excluding hydrogens is 404 g/mol. The molecule has 0 amide bonds. The smallest absolute Gasteiger partial charge is 0.368 e. The van der Waals surface area contributed by atoms with Crippen LogP contribution in [0.15, 0.2) is 42.5 Å². The van der Waals surface area contributed by atoms with Gasteiger partial charge in [0.1, 0.15) is 6.10 Å². The van der Waals surface area contributed by atoms with E-state index in [1.165, 1.54) is 6.07 Å². The summed E-state index contributed by atoms with van der Waals surface area (Å²) >= 11 is 2.17. The average Bonchev–Trinajstić information content (AvgIpc) is 3.29. The van der Waals surface area contributed by atoms with Gasteiger partial charge in [-0.05, 0) is 80.0 Å². The van der Waals surface area contributed by atoms with Crippen LogP contribution in [-0.2, 0) is 10.9 Å². The molecule has 0 aliphatic carbocycles. The van der Waals surface area contributed by atoms with Crippen molar-refractivity contribution >= 4 is 44.1 Å². The van der Waals surface area contributed by atoms with Crippen molar-refractivity contribution in [2.75, 3.05) is 6.61 Å². The molecule has 1 nitrogen and oxygen atoms in total. The van der Waals surface area contributed by atoms with Crippen LogP contribution in [0.25, 0.3) is 21.5 Å². The van der Waals surface area contributed by atoms with Gasteiger partial charge in [-0.1, -0.05) is 12.1 Å². The highest BCUT2D eigenvalue weighted by atomic mass is 127. The highest BCUT2D eigenvalue weighted by Crippen LogP contribution is 2.41. The number of halogens is 4. The largest absolute Gasteiger partial charge is 0.416 e. The van der Waals surface area contributed by atoms with Crippen LogP contribution in [0.3, 0.4) is 0 Å². The molecule has 1 fully saturated rings. The van der Waals surface area contributed by atoms with E-state index in [1.807, 2.05) is 24.3 Å². The molecule has 0 N–H and O–H groups in total. The Morgan fingerprint density at radius 1 is 0.955 bits per heavy atom. The molecule has 0 radical (unpaired) electrons. The topological polar surface area (TPSA) is 12.5 Å². The molecule has 22 heavy (non-hydrogen) atoms. The van der Waals surface area contributed by atoms with Gasteiger partial charge in [-0.25, -0.2) is 0 Å². The lowest BCUT2D eigenvalue weighted by atomic mass is 9.94. The minimum Gasteiger partial charge on any atom is -0.368 e. The number of alkyl halides is 3. The Morgan fingerprint density at radius 3 is 2.41 bits per heavy atom. The van der Waals surface area contributed by atoms with Crippen LogP contribution in [0.4, 0.5) is 13.2 Å². The molecule has 4 rings (SSSR count). The number of hydrogen-bond donors (Lipinski definition) is 0. The maximum absolute atomic E-state index is 13.0. The van der Waals surface area contributed by atoms with Crippen molar-refractivity contribution in [2.45, 2.75) is 12.3 Å². The van der Waals surface area contributed by atoms with Crippen LogP contribution < -0.4 is 0 Å². The Balaban J connectivity index is 2.12. The van der Waals surface area contributed by atoms with E-state index in [0.717, 1.165) is 31.4 Å². The Hall–Kier alpha value is -1.34. The molecule has 1 saturated heterocycles. The van der Waals surface area contributed by atoms with Gasteiger partial charge in [0, 0.05) is 3.57 Å². The third-order valence-corrected chi connectivity index (χ3v) is 4.63. The standard InChI is InChI=1S/C17H10F3IO/c18-17(19,20)10-2-4-12-14(6-10)13-7-11(21)3-1-9(13)5-15(12)16-8-22-16/h1-7,16H,8H2/t16-/m1/s1. The van der Waals surface area contributed by atoms with E-state index in [0.29, 0.717) is 12.0 Å². The second-order valence-corrected chi connectivity index (χ2v) is 6.66. The molecule has 0 unspecified atom stereocenters. The van der Waals surface area contributed by atoms with Crippen molar-refractivity contribution in [3.05, 3.63) is 57.2 Å². The number of hydrogen-bond acceptors (Lipinski definition) is 1. The first-order valence-electron chi connectivity index (χ1n) is 6.78. The van der Waals surface area contributed by atoms with E-state index in [9.17, 15) is 13.2 Å². The van der Waals surface area contributed by atoms with E-state index in [4.69, 9.17) is 4.74 Å². The zero-order chi connectivity index (χ0) is 15.5. The first-order chi connectivity index (χ1) is 10.4. The Bertz CT molecular complexity index is 898. The van der Waals surface area contributed by atoms with Crippen molar-refractivity contribution in [1.82, 2.24) is 0 Å². The maximum atomic E-state index is 13.0. The van der Waals surface area contributed by atoms with Crippen molar-refractivity contribution in [3.8, 4) is 0 Å². The summed E-state index contributed by atoms with van der Waals surface area (Å²) in [5.41, 5.74) is 0.353. The Kier molecular flexibility index (Phi) is 3.13. The fourth-order valence-corrected chi connectivity index (χ4v) is 3.31. The van der Waals surface area contributed by atoms with Crippen molar-refractivity contribution in [3.63, 3.8) is 0 Å². The second kappa shape index (κ2) is 4.83. The molecule has 5 heteroatoms. The average molecular weight is 414 g/mol. The Labute approximate surface area is 138 Å². The van der Waals surface area contributed by atoms with Gasteiger partial charge in [-0.15, -0.1) is 0 Å². The molecule has 1 atom stereocenters. The van der Waals surface area contributed by atoms with Gasteiger partial charge in [-0.3, -0.25) is 0 Å². The number of fused-ring (bicyclic) bond motifs is 3. The normalized spacial score (nSPS) is 18.1. The first kappa shape index (κ1) is 14.3. The summed E-state index contributed by atoms with van der Waals surface area (Å²) in [7, 11) is 0. The van der Waals surface area contributed by atoms with E-state index in [2.05, 4.69) is 22.6 Å². The molecule has 1 heterocycles. The lowest BCUT2D eigenvalue weighted by molar-refractivity contribution is -0.137. The fraction of sp³-hybridized carbons (Fsp3) is 0.176. The first-order valence-corrected chi connectivity index (χ1v) is 7.86. The Morgan fingerprint density at radius 2 is 1.73 bits per heavy atom. The molecule has 3 aromatic rings. The van der Waals surface area contributed by atoms with Gasteiger partial charge in [0.15, 0.2) is 0 Å². The number of rotatable bonds is 1. The fourth-order valence-electron chi connectivity index (χ4n) is 2.82. The number of ether oxygens (including phenoxy) is 1. The minimum absolute atomic E-state index is 0.00270. The monoisotopic (exact) mass is 414 g/mol. The molecular formula is C17H10F3IO. The zero-order valence-corrected chi connectivity index (χ0v) is 13.4. The van der Waals surface area contributed by atoms with Gasteiger partial charge >= 0.3 is 6.18 Å². The highest BCUT2D eigenvalue weighted by molar-refractivity contribution is 14.1. The molecule has 1 aliphatic heterocycles. The zero-order valence-electron chi connectivity index (χ0n) is 11.2. The number of benzene rings is 3.